The predicted molar refractivity (Wildman–Crippen MR) is 37.7 cm³/mol. The summed E-state index contributed by atoms with van der Waals surface area (Å²) in [6.45, 7) is 3.05. The fourth-order valence-electron chi connectivity index (χ4n) is 0.839. The summed E-state index contributed by atoms with van der Waals surface area (Å²) >= 11 is 1.83. The topological polar surface area (TPSA) is 12.5 Å². The lowest BCUT2D eigenvalue weighted by Gasteiger charge is -1.80. The van der Waals surface area contributed by atoms with Gasteiger partial charge in [-0.2, -0.15) is 0 Å². The first-order valence-electron chi connectivity index (χ1n) is 3.04. The van der Waals surface area contributed by atoms with Crippen molar-refractivity contribution in [3.63, 3.8) is 0 Å². The molecule has 0 unspecified atom stereocenters. The lowest BCUT2D eigenvalue weighted by molar-refractivity contribution is 0.418. The molecule has 2 rings (SSSR count). The molecule has 0 amide bonds. The van der Waals surface area contributed by atoms with Crippen molar-refractivity contribution in [2.24, 2.45) is 0 Å². The summed E-state index contributed by atoms with van der Waals surface area (Å²) in [4.78, 5) is 2.76. The van der Waals surface area contributed by atoms with Crippen LogP contribution < -0.4 is 0 Å². The summed E-state index contributed by atoms with van der Waals surface area (Å²) < 4.78 is 5.12. The quantitative estimate of drug-likeness (QED) is 0.544. The van der Waals surface area contributed by atoms with Crippen molar-refractivity contribution < 1.29 is 4.74 Å². The van der Waals surface area contributed by atoms with E-state index in [0.717, 1.165) is 6.61 Å². The molecule has 1 nitrogen and oxygen atoms in total. The van der Waals surface area contributed by atoms with Crippen LogP contribution in [0, 0.1) is 6.92 Å². The molecule has 1 aliphatic heterocycles. The number of hydrogen-bond acceptors (Lipinski definition) is 2. The van der Waals surface area contributed by atoms with Gasteiger partial charge < -0.3 is 4.74 Å². The van der Waals surface area contributed by atoms with Crippen molar-refractivity contribution in [1.29, 1.82) is 0 Å². The summed E-state index contributed by atoms with van der Waals surface area (Å²) in [7, 11) is 0. The van der Waals surface area contributed by atoms with Crippen LogP contribution >= 0.6 is 11.3 Å². The first-order valence-corrected chi connectivity index (χ1v) is 3.86. The van der Waals surface area contributed by atoms with Crippen LogP contribution in [0.4, 0.5) is 0 Å². The molecule has 2 heteroatoms. The van der Waals surface area contributed by atoms with Crippen LogP contribution in [0.3, 0.4) is 0 Å². The first-order chi connectivity index (χ1) is 4.36. The van der Waals surface area contributed by atoms with Crippen LogP contribution in [0.2, 0.25) is 0 Å². The first kappa shape index (κ1) is 5.45. The van der Waals surface area contributed by atoms with E-state index in [2.05, 4.69) is 19.1 Å². The van der Waals surface area contributed by atoms with Crippen molar-refractivity contribution >= 4 is 11.3 Å². The molecule has 0 bridgehead atoms. The second-order valence-electron chi connectivity index (χ2n) is 2.27. The highest BCUT2D eigenvalue weighted by atomic mass is 32.1. The van der Waals surface area contributed by atoms with E-state index in [4.69, 9.17) is 4.74 Å². The van der Waals surface area contributed by atoms with Crippen molar-refractivity contribution in [3.8, 4) is 0 Å². The van der Waals surface area contributed by atoms with Gasteiger partial charge in [0.05, 0.1) is 6.61 Å². The average molecular weight is 140 g/mol. The van der Waals surface area contributed by atoms with Crippen LogP contribution in [0.1, 0.15) is 15.9 Å². The molecule has 0 radical (unpaired) electrons. The Kier molecular flexibility index (Phi) is 1.10. The molecule has 9 heavy (non-hydrogen) atoms. The van der Waals surface area contributed by atoms with Crippen LogP contribution in [0.5, 0.6) is 0 Å². The van der Waals surface area contributed by atoms with Crippen LogP contribution in [-0.4, -0.2) is 6.61 Å². The van der Waals surface area contributed by atoms with E-state index in [-0.39, 0.29) is 0 Å². The molecule has 1 fully saturated rings. The number of ether oxygens (including phenoxy) is 1. The Labute approximate surface area is 58.3 Å². The van der Waals surface area contributed by atoms with Gasteiger partial charge in [0.15, 0.2) is 0 Å². The zero-order valence-corrected chi connectivity index (χ0v) is 6.07. The fourth-order valence-corrected chi connectivity index (χ4v) is 1.75. The normalized spacial score (nSPS) is 24.3. The Balaban J connectivity index is 2.28. The van der Waals surface area contributed by atoms with Gasteiger partial charge in [0.25, 0.3) is 0 Å². The monoisotopic (exact) mass is 140 g/mol. The summed E-state index contributed by atoms with van der Waals surface area (Å²) in [5.41, 5.74) is 0. The highest BCUT2D eigenvalue weighted by molar-refractivity contribution is 7.12. The largest absolute Gasteiger partial charge is 0.367 e. The predicted octanol–water partition coefficient (Wildman–Crippen LogP) is 2.13. The Morgan fingerprint density at radius 1 is 1.67 bits per heavy atom. The minimum atomic E-state index is 0.448. The Morgan fingerprint density at radius 2 is 2.44 bits per heavy atom. The lowest BCUT2D eigenvalue weighted by atomic mass is 10.4. The van der Waals surface area contributed by atoms with Gasteiger partial charge in [-0.25, -0.2) is 0 Å². The van der Waals surface area contributed by atoms with E-state index in [1.165, 1.54) is 9.75 Å². The number of thiophene rings is 1. The van der Waals surface area contributed by atoms with E-state index in [1.54, 1.807) is 0 Å². The molecule has 0 saturated carbocycles. The molecule has 1 atom stereocenters. The maximum Gasteiger partial charge on any atom is 0.115 e. The smallest absolute Gasteiger partial charge is 0.115 e. The Morgan fingerprint density at radius 3 is 2.89 bits per heavy atom. The van der Waals surface area contributed by atoms with Gasteiger partial charge in [-0.1, -0.05) is 0 Å². The third-order valence-corrected chi connectivity index (χ3v) is 2.50. The highest BCUT2D eigenvalue weighted by Gasteiger charge is 2.25. The van der Waals surface area contributed by atoms with E-state index >= 15 is 0 Å². The molecule has 0 aliphatic carbocycles. The van der Waals surface area contributed by atoms with Gasteiger partial charge in [0, 0.05) is 9.75 Å². The van der Waals surface area contributed by atoms with Gasteiger partial charge >= 0.3 is 0 Å². The zero-order valence-electron chi connectivity index (χ0n) is 5.26. The molecule has 48 valence electrons. The summed E-state index contributed by atoms with van der Waals surface area (Å²) in [6, 6.07) is 4.29. The molecule has 0 aromatic carbocycles. The van der Waals surface area contributed by atoms with Crippen LogP contribution in [-0.2, 0) is 4.74 Å². The molecule has 1 aliphatic rings. The molecule has 0 spiro atoms. The molecule has 1 saturated heterocycles. The van der Waals surface area contributed by atoms with E-state index in [0.29, 0.717) is 6.10 Å². The molecule has 1 aromatic heterocycles. The maximum absolute atomic E-state index is 5.12. The minimum absolute atomic E-state index is 0.448. The lowest BCUT2D eigenvalue weighted by Crippen LogP contribution is -1.65. The van der Waals surface area contributed by atoms with Crippen molar-refractivity contribution in [3.05, 3.63) is 21.9 Å². The van der Waals surface area contributed by atoms with Crippen LogP contribution in [0.25, 0.3) is 0 Å². The second-order valence-corrected chi connectivity index (χ2v) is 3.59. The van der Waals surface area contributed by atoms with Gasteiger partial charge in [-0.15, -0.1) is 11.3 Å². The molecule has 2 heterocycles. The Bertz CT molecular complexity index is 212. The average Bonchev–Trinajstić information content (AvgIpc) is 2.58. The maximum atomic E-state index is 5.12. The van der Waals surface area contributed by atoms with Gasteiger partial charge in [0.2, 0.25) is 0 Å². The SMILES string of the molecule is Cc1ccc([C@H]2CO2)s1. The zero-order chi connectivity index (χ0) is 6.27. The standard InChI is InChI=1S/C7H8OS/c1-5-2-3-7(9-5)6-4-8-6/h2-3,6H,4H2,1H3/t6-/m1/s1. The summed E-state index contributed by atoms with van der Waals surface area (Å²) in [5, 5.41) is 0. The van der Waals surface area contributed by atoms with Crippen molar-refractivity contribution in [1.82, 2.24) is 0 Å². The molecular weight excluding hydrogens is 132 g/mol. The highest BCUT2D eigenvalue weighted by Crippen LogP contribution is 2.34. The summed E-state index contributed by atoms with van der Waals surface area (Å²) in [5.74, 6) is 0. The minimum Gasteiger partial charge on any atom is -0.367 e. The van der Waals surface area contributed by atoms with Crippen molar-refractivity contribution in [2.75, 3.05) is 6.61 Å². The van der Waals surface area contributed by atoms with E-state index < -0.39 is 0 Å². The number of hydrogen-bond donors (Lipinski definition) is 0. The summed E-state index contributed by atoms with van der Waals surface area (Å²) in [6.07, 6.45) is 0.448. The second kappa shape index (κ2) is 1.82. The van der Waals surface area contributed by atoms with Gasteiger partial charge in [-0.3, -0.25) is 0 Å². The van der Waals surface area contributed by atoms with Gasteiger partial charge in [0.1, 0.15) is 6.10 Å². The number of epoxide rings is 1. The van der Waals surface area contributed by atoms with Crippen molar-refractivity contribution in [2.45, 2.75) is 13.0 Å². The van der Waals surface area contributed by atoms with Crippen LogP contribution in [0.15, 0.2) is 12.1 Å². The fraction of sp³-hybridized carbons (Fsp3) is 0.429. The van der Waals surface area contributed by atoms with Gasteiger partial charge in [-0.05, 0) is 19.1 Å². The third-order valence-electron chi connectivity index (χ3n) is 1.41. The van der Waals surface area contributed by atoms with E-state index in [1.807, 2.05) is 11.3 Å². The molecule has 1 aromatic rings. The number of rotatable bonds is 1. The Hall–Kier alpha value is -0.340. The molecular formula is C7H8OS. The molecule has 0 N–H and O–H groups in total. The third kappa shape index (κ3) is 1.00. The number of aryl methyl sites for hydroxylation is 1. The van der Waals surface area contributed by atoms with E-state index in [9.17, 15) is 0 Å².